The average Bonchev–Trinajstić information content (AvgIpc) is 2.52. The molecule has 2 N–H and O–H groups in total. The second kappa shape index (κ2) is 7.60. The van der Waals surface area contributed by atoms with E-state index in [-0.39, 0.29) is 5.75 Å². The Morgan fingerprint density at radius 1 is 0.571 bits per heavy atom. The highest BCUT2D eigenvalue weighted by atomic mass is 16.5. The van der Waals surface area contributed by atoms with Gasteiger partial charge in [-0.25, -0.2) is 0 Å². The van der Waals surface area contributed by atoms with Crippen LogP contribution >= 0.6 is 0 Å². The highest BCUT2D eigenvalue weighted by Crippen LogP contribution is 2.29. The highest BCUT2D eigenvalue weighted by molar-refractivity contribution is 5.41. The van der Waals surface area contributed by atoms with E-state index in [0.717, 1.165) is 0 Å². The lowest BCUT2D eigenvalue weighted by Gasteiger charge is -2.06. The lowest BCUT2D eigenvalue weighted by atomic mass is 10.3. The van der Waals surface area contributed by atoms with Gasteiger partial charge in [0.05, 0.1) is 0 Å². The number of para-hydroxylation sites is 4. The largest absolute Gasteiger partial charge is 0.508 e. The van der Waals surface area contributed by atoms with Crippen molar-refractivity contribution in [3.8, 4) is 23.0 Å². The Bertz CT molecular complexity index is 652. The van der Waals surface area contributed by atoms with Gasteiger partial charge in [-0.1, -0.05) is 48.5 Å². The molecule has 106 valence electrons. The maximum Gasteiger partial charge on any atom is 0.169 e. The molecule has 0 saturated heterocycles. The molecule has 3 rings (SSSR count). The second-order valence-electron chi connectivity index (χ2n) is 4.22. The summed E-state index contributed by atoms with van der Waals surface area (Å²) in [5, 5.41) is 18.1. The molecule has 3 aromatic carbocycles. The standard InChI is InChI=1S/C12H10O2.C6H6O/c13-11-8-4-5-9-12(11)14-10-6-2-1-3-7-10;7-6-4-2-1-3-5-6/h1-9,13H;1-5,7H. The first kappa shape index (κ1) is 14.5. The summed E-state index contributed by atoms with van der Waals surface area (Å²) in [6.45, 7) is 0. The molecule has 0 amide bonds. The van der Waals surface area contributed by atoms with Crippen molar-refractivity contribution in [3.05, 3.63) is 84.9 Å². The van der Waals surface area contributed by atoms with Gasteiger partial charge in [0.1, 0.15) is 11.5 Å². The maximum atomic E-state index is 9.45. The Hall–Kier alpha value is -2.94. The van der Waals surface area contributed by atoms with Crippen LogP contribution in [-0.2, 0) is 0 Å². The van der Waals surface area contributed by atoms with E-state index in [2.05, 4.69) is 0 Å². The van der Waals surface area contributed by atoms with Crippen molar-refractivity contribution in [2.24, 2.45) is 0 Å². The van der Waals surface area contributed by atoms with Crippen LogP contribution in [-0.4, -0.2) is 10.2 Å². The lowest BCUT2D eigenvalue weighted by Crippen LogP contribution is -1.83. The summed E-state index contributed by atoms with van der Waals surface area (Å²) >= 11 is 0. The summed E-state index contributed by atoms with van der Waals surface area (Å²) in [5.41, 5.74) is 0. The summed E-state index contributed by atoms with van der Waals surface area (Å²) in [6, 6.07) is 25.0. The fourth-order valence-corrected chi connectivity index (χ4v) is 1.59. The van der Waals surface area contributed by atoms with Crippen LogP contribution in [0.1, 0.15) is 0 Å². The van der Waals surface area contributed by atoms with Crippen LogP contribution in [0.3, 0.4) is 0 Å². The Morgan fingerprint density at radius 3 is 1.62 bits per heavy atom. The average molecular weight is 280 g/mol. The predicted octanol–water partition coefficient (Wildman–Crippen LogP) is 4.58. The molecule has 0 aliphatic heterocycles. The Balaban J connectivity index is 0.000000194. The Labute approximate surface area is 123 Å². The monoisotopic (exact) mass is 280 g/mol. The molecule has 0 aliphatic rings. The zero-order valence-electron chi connectivity index (χ0n) is 11.4. The summed E-state index contributed by atoms with van der Waals surface area (Å²) in [4.78, 5) is 0. The normalized spacial score (nSPS) is 9.33. The van der Waals surface area contributed by atoms with Crippen LogP contribution in [0, 0.1) is 0 Å². The third kappa shape index (κ3) is 4.91. The first-order chi connectivity index (χ1) is 10.3. The molecule has 3 nitrogen and oxygen atoms in total. The quantitative estimate of drug-likeness (QED) is 0.722. The smallest absolute Gasteiger partial charge is 0.169 e. The number of rotatable bonds is 2. The van der Waals surface area contributed by atoms with Gasteiger partial charge >= 0.3 is 0 Å². The zero-order valence-corrected chi connectivity index (χ0v) is 11.4. The van der Waals surface area contributed by atoms with Crippen LogP contribution in [0.25, 0.3) is 0 Å². The molecule has 0 heterocycles. The molecule has 3 aromatic rings. The van der Waals surface area contributed by atoms with Crippen molar-refractivity contribution < 1.29 is 14.9 Å². The van der Waals surface area contributed by atoms with Crippen molar-refractivity contribution in [3.63, 3.8) is 0 Å². The molecular weight excluding hydrogens is 264 g/mol. The van der Waals surface area contributed by atoms with Crippen molar-refractivity contribution in [2.75, 3.05) is 0 Å². The molecule has 0 atom stereocenters. The highest BCUT2D eigenvalue weighted by Gasteiger charge is 2.00. The van der Waals surface area contributed by atoms with Crippen molar-refractivity contribution in [2.45, 2.75) is 0 Å². The van der Waals surface area contributed by atoms with E-state index < -0.39 is 0 Å². The summed E-state index contributed by atoms with van der Waals surface area (Å²) < 4.78 is 5.46. The Morgan fingerprint density at radius 2 is 1.10 bits per heavy atom. The van der Waals surface area contributed by atoms with Gasteiger partial charge in [-0.3, -0.25) is 0 Å². The molecule has 0 aromatic heterocycles. The van der Waals surface area contributed by atoms with Gasteiger partial charge in [-0.15, -0.1) is 0 Å². The number of phenolic OH excluding ortho intramolecular Hbond substituents is 2. The van der Waals surface area contributed by atoms with E-state index in [1.54, 1.807) is 42.5 Å². The summed E-state index contributed by atoms with van der Waals surface area (Å²) in [6.07, 6.45) is 0. The molecule has 0 unspecified atom stereocenters. The molecule has 21 heavy (non-hydrogen) atoms. The number of phenols is 2. The van der Waals surface area contributed by atoms with E-state index in [1.165, 1.54) is 0 Å². The van der Waals surface area contributed by atoms with E-state index in [4.69, 9.17) is 9.84 Å². The number of ether oxygens (including phenoxy) is 1. The number of aromatic hydroxyl groups is 2. The van der Waals surface area contributed by atoms with Gasteiger partial charge < -0.3 is 14.9 Å². The SMILES string of the molecule is Oc1ccccc1.Oc1ccccc1Oc1ccccc1. The minimum atomic E-state index is 0.149. The van der Waals surface area contributed by atoms with Crippen LogP contribution in [0.5, 0.6) is 23.0 Å². The third-order valence-corrected chi connectivity index (χ3v) is 2.59. The zero-order chi connectivity index (χ0) is 14.9. The van der Waals surface area contributed by atoms with Crippen molar-refractivity contribution in [1.29, 1.82) is 0 Å². The van der Waals surface area contributed by atoms with Gasteiger partial charge in [0.2, 0.25) is 0 Å². The van der Waals surface area contributed by atoms with Crippen LogP contribution in [0.4, 0.5) is 0 Å². The maximum absolute atomic E-state index is 9.45. The van der Waals surface area contributed by atoms with E-state index in [9.17, 15) is 5.11 Å². The van der Waals surface area contributed by atoms with Crippen LogP contribution < -0.4 is 4.74 Å². The van der Waals surface area contributed by atoms with Gasteiger partial charge in [-0.05, 0) is 36.4 Å². The van der Waals surface area contributed by atoms with Crippen molar-refractivity contribution in [1.82, 2.24) is 0 Å². The molecule has 3 heteroatoms. The topological polar surface area (TPSA) is 49.7 Å². The first-order valence-corrected chi connectivity index (χ1v) is 6.50. The van der Waals surface area contributed by atoms with Crippen LogP contribution in [0.2, 0.25) is 0 Å². The third-order valence-electron chi connectivity index (χ3n) is 2.59. The minimum absolute atomic E-state index is 0.149. The first-order valence-electron chi connectivity index (χ1n) is 6.50. The van der Waals surface area contributed by atoms with E-state index in [0.29, 0.717) is 17.2 Å². The Kier molecular flexibility index (Phi) is 5.24. The predicted molar refractivity (Wildman–Crippen MR) is 82.7 cm³/mol. The second-order valence-corrected chi connectivity index (χ2v) is 4.22. The fourth-order valence-electron chi connectivity index (χ4n) is 1.59. The molecule has 0 bridgehead atoms. The molecular formula is C18H16O3. The van der Waals surface area contributed by atoms with E-state index in [1.807, 2.05) is 42.5 Å². The van der Waals surface area contributed by atoms with Gasteiger partial charge in [-0.2, -0.15) is 0 Å². The minimum Gasteiger partial charge on any atom is -0.508 e. The number of hydrogen-bond donors (Lipinski definition) is 2. The molecule has 0 fully saturated rings. The van der Waals surface area contributed by atoms with Crippen molar-refractivity contribution >= 4 is 0 Å². The molecule has 0 radical (unpaired) electrons. The van der Waals surface area contributed by atoms with Gasteiger partial charge in [0.15, 0.2) is 11.5 Å². The van der Waals surface area contributed by atoms with Gasteiger partial charge in [0, 0.05) is 0 Å². The number of benzene rings is 3. The lowest BCUT2D eigenvalue weighted by molar-refractivity contribution is 0.411. The van der Waals surface area contributed by atoms with Gasteiger partial charge in [0.25, 0.3) is 0 Å². The van der Waals surface area contributed by atoms with Crippen LogP contribution in [0.15, 0.2) is 84.9 Å². The molecule has 0 saturated carbocycles. The molecule has 0 aliphatic carbocycles. The van der Waals surface area contributed by atoms with E-state index >= 15 is 0 Å². The number of hydrogen-bond acceptors (Lipinski definition) is 3. The summed E-state index contributed by atoms with van der Waals surface area (Å²) in [7, 11) is 0. The molecule has 0 spiro atoms. The summed E-state index contributed by atoms with van der Waals surface area (Å²) in [5.74, 6) is 1.66. The fraction of sp³-hybridized carbons (Fsp3) is 0.